The predicted molar refractivity (Wildman–Crippen MR) is 108 cm³/mol. The topological polar surface area (TPSA) is 58.4 Å². The predicted octanol–water partition coefficient (Wildman–Crippen LogP) is 3.35. The molecule has 0 bridgehead atoms. The largest absolute Gasteiger partial charge is 0.361 e. The molecule has 0 saturated carbocycles. The van der Waals surface area contributed by atoms with Gasteiger partial charge in [-0.25, -0.2) is 0 Å². The van der Waals surface area contributed by atoms with Crippen LogP contribution in [-0.4, -0.2) is 35.6 Å². The van der Waals surface area contributed by atoms with Crippen LogP contribution < -0.4 is 5.32 Å². The highest BCUT2D eigenvalue weighted by Gasteiger charge is 2.32. The van der Waals surface area contributed by atoms with Gasteiger partial charge in [-0.3, -0.25) is 9.69 Å². The number of likely N-dealkylation sites (N-methyl/N-ethyl adjacent to an activating group) is 1. The Hall–Kier alpha value is -2.92. The van der Waals surface area contributed by atoms with Gasteiger partial charge in [0.15, 0.2) is 0 Å². The number of benzene rings is 2. The highest BCUT2D eigenvalue weighted by molar-refractivity contribution is 5.81. The summed E-state index contributed by atoms with van der Waals surface area (Å²) in [6, 6.07) is 20.6. The van der Waals surface area contributed by atoms with Crippen LogP contribution in [0.2, 0.25) is 0 Å². The van der Waals surface area contributed by atoms with Crippen molar-refractivity contribution in [1.82, 2.24) is 15.4 Å². The molecule has 1 amide bonds. The molecular formula is C23H25N3O2. The SMILES string of the molecule is CNC(=O)[C@H](C)N1CCc2onc(C(c3ccccc3)c3ccccc3)c2C1. The van der Waals surface area contributed by atoms with E-state index in [0.29, 0.717) is 6.54 Å². The van der Waals surface area contributed by atoms with Crippen LogP contribution in [0.3, 0.4) is 0 Å². The van der Waals surface area contributed by atoms with Crippen LogP contribution in [0.25, 0.3) is 0 Å². The second-order valence-electron chi connectivity index (χ2n) is 7.23. The lowest BCUT2D eigenvalue weighted by Gasteiger charge is -2.31. The van der Waals surface area contributed by atoms with Crippen molar-refractivity contribution in [3.63, 3.8) is 0 Å². The molecule has 1 aromatic heterocycles. The first-order chi connectivity index (χ1) is 13.7. The zero-order chi connectivity index (χ0) is 19.5. The molecule has 1 atom stereocenters. The Labute approximate surface area is 165 Å². The summed E-state index contributed by atoms with van der Waals surface area (Å²) in [5.74, 6) is 0.974. The van der Waals surface area contributed by atoms with Gasteiger partial charge < -0.3 is 9.84 Å². The lowest BCUT2D eigenvalue weighted by atomic mass is 9.85. The number of rotatable bonds is 5. The molecule has 5 heteroatoms. The van der Waals surface area contributed by atoms with Gasteiger partial charge in [-0.15, -0.1) is 0 Å². The molecule has 3 aromatic rings. The first-order valence-corrected chi connectivity index (χ1v) is 9.72. The van der Waals surface area contributed by atoms with Crippen LogP contribution in [0.4, 0.5) is 0 Å². The fourth-order valence-corrected chi connectivity index (χ4v) is 3.98. The quantitative estimate of drug-likeness (QED) is 0.743. The molecule has 5 nitrogen and oxygen atoms in total. The molecule has 1 N–H and O–H groups in total. The van der Waals surface area contributed by atoms with E-state index < -0.39 is 0 Å². The van der Waals surface area contributed by atoms with E-state index in [9.17, 15) is 4.79 Å². The lowest BCUT2D eigenvalue weighted by Crippen LogP contribution is -2.46. The molecule has 0 aliphatic carbocycles. The number of nitrogens with zero attached hydrogens (tertiary/aromatic N) is 2. The van der Waals surface area contributed by atoms with Gasteiger partial charge in [0.05, 0.1) is 12.0 Å². The first kappa shape index (κ1) is 18.4. The maximum atomic E-state index is 12.1. The molecule has 0 radical (unpaired) electrons. The maximum absolute atomic E-state index is 12.1. The summed E-state index contributed by atoms with van der Waals surface area (Å²) in [7, 11) is 1.68. The molecule has 0 saturated heterocycles. The van der Waals surface area contributed by atoms with Crippen LogP contribution in [0.1, 0.15) is 41.0 Å². The Morgan fingerprint density at radius 1 is 1.07 bits per heavy atom. The minimum absolute atomic E-state index is 0.00478. The van der Waals surface area contributed by atoms with Crippen molar-refractivity contribution in [3.05, 3.63) is 88.8 Å². The molecular weight excluding hydrogens is 350 g/mol. The van der Waals surface area contributed by atoms with Crippen molar-refractivity contribution in [3.8, 4) is 0 Å². The van der Waals surface area contributed by atoms with Crippen molar-refractivity contribution in [2.24, 2.45) is 0 Å². The van der Waals surface area contributed by atoms with Crippen LogP contribution in [0, 0.1) is 0 Å². The number of fused-ring (bicyclic) bond motifs is 1. The Balaban J connectivity index is 1.74. The number of amides is 1. The lowest BCUT2D eigenvalue weighted by molar-refractivity contribution is -0.125. The van der Waals surface area contributed by atoms with Crippen LogP contribution >= 0.6 is 0 Å². The smallest absolute Gasteiger partial charge is 0.236 e. The second kappa shape index (κ2) is 7.98. The van der Waals surface area contributed by atoms with E-state index in [1.807, 2.05) is 19.1 Å². The van der Waals surface area contributed by atoms with Crippen molar-refractivity contribution < 1.29 is 9.32 Å². The summed E-state index contributed by atoms with van der Waals surface area (Å²) in [4.78, 5) is 14.3. The fourth-order valence-electron chi connectivity index (χ4n) is 3.98. The normalized spacial score (nSPS) is 15.2. The molecule has 4 rings (SSSR count). The van der Waals surface area contributed by atoms with E-state index in [1.165, 1.54) is 11.1 Å². The number of hydrogen-bond donors (Lipinski definition) is 1. The molecule has 2 aromatic carbocycles. The third-order valence-electron chi connectivity index (χ3n) is 5.60. The summed E-state index contributed by atoms with van der Waals surface area (Å²) in [6.07, 6.45) is 0.764. The third-order valence-corrected chi connectivity index (χ3v) is 5.60. The average molecular weight is 375 g/mol. The van der Waals surface area contributed by atoms with E-state index in [2.05, 4.69) is 63.9 Å². The first-order valence-electron chi connectivity index (χ1n) is 9.72. The molecule has 1 aliphatic heterocycles. The molecule has 0 unspecified atom stereocenters. The number of aromatic nitrogens is 1. The number of nitrogens with one attached hydrogen (secondary N) is 1. The standard InChI is InChI=1S/C23H25N3O2/c1-16(23(27)24-2)26-14-13-20-19(15-26)22(25-28-20)21(17-9-5-3-6-10-17)18-11-7-4-8-12-18/h3-12,16,21H,13-15H2,1-2H3,(H,24,27)/t16-/m0/s1. The molecule has 0 spiro atoms. The Morgan fingerprint density at radius 3 is 2.25 bits per heavy atom. The van der Waals surface area contributed by atoms with E-state index >= 15 is 0 Å². The average Bonchev–Trinajstić information content (AvgIpc) is 3.17. The van der Waals surface area contributed by atoms with E-state index in [4.69, 9.17) is 4.52 Å². The summed E-state index contributed by atoms with van der Waals surface area (Å²) in [6.45, 7) is 3.40. The van der Waals surface area contributed by atoms with Gasteiger partial charge in [0.1, 0.15) is 11.5 Å². The molecule has 1 aliphatic rings. The monoisotopic (exact) mass is 375 g/mol. The fraction of sp³-hybridized carbons (Fsp3) is 0.304. The van der Waals surface area contributed by atoms with Crippen molar-refractivity contribution in [1.29, 1.82) is 0 Å². The molecule has 28 heavy (non-hydrogen) atoms. The Kier molecular flexibility index (Phi) is 5.26. The zero-order valence-corrected chi connectivity index (χ0v) is 16.3. The molecule has 2 heterocycles. The van der Waals surface area contributed by atoms with E-state index in [1.54, 1.807) is 7.05 Å². The number of carbonyl (C=O) groups is 1. The minimum Gasteiger partial charge on any atom is -0.361 e. The van der Waals surface area contributed by atoms with Crippen molar-refractivity contribution in [2.75, 3.05) is 13.6 Å². The van der Waals surface area contributed by atoms with Gasteiger partial charge >= 0.3 is 0 Å². The van der Waals surface area contributed by atoms with Gasteiger partial charge in [0.25, 0.3) is 0 Å². The summed E-state index contributed by atoms with van der Waals surface area (Å²) >= 11 is 0. The third kappa shape index (κ3) is 3.45. The minimum atomic E-state index is -0.187. The van der Waals surface area contributed by atoms with Gasteiger partial charge in [0.2, 0.25) is 5.91 Å². The molecule has 0 fully saturated rings. The van der Waals surface area contributed by atoms with Gasteiger partial charge in [-0.2, -0.15) is 0 Å². The summed E-state index contributed by atoms with van der Waals surface area (Å²) in [5.41, 5.74) is 4.42. The number of carbonyl (C=O) groups excluding carboxylic acids is 1. The van der Waals surface area contributed by atoms with E-state index in [0.717, 1.165) is 30.0 Å². The zero-order valence-electron chi connectivity index (χ0n) is 16.3. The second-order valence-corrected chi connectivity index (χ2v) is 7.23. The Morgan fingerprint density at radius 2 is 1.68 bits per heavy atom. The van der Waals surface area contributed by atoms with Crippen molar-refractivity contribution >= 4 is 5.91 Å². The van der Waals surface area contributed by atoms with Crippen molar-refractivity contribution in [2.45, 2.75) is 31.8 Å². The van der Waals surface area contributed by atoms with Crippen LogP contribution in [0.5, 0.6) is 0 Å². The highest BCUT2D eigenvalue weighted by atomic mass is 16.5. The van der Waals surface area contributed by atoms with E-state index in [-0.39, 0.29) is 17.9 Å². The van der Waals surface area contributed by atoms with Gasteiger partial charge in [-0.05, 0) is 18.1 Å². The maximum Gasteiger partial charge on any atom is 0.236 e. The Bertz CT molecular complexity index is 897. The van der Waals surface area contributed by atoms with Crippen LogP contribution in [-0.2, 0) is 17.8 Å². The van der Waals surface area contributed by atoms with Gasteiger partial charge in [0, 0.05) is 32.1 Å². The van der Waals surface area contributed by atoms with Gasteiger partial charge in [-0.1, -0.05) is 65.8 Å². The number of hydrogen-bond acceptors (Lipinski definition) is 4. The molecule has 144 valence electrons. The summed E-state index contributed by atoms with van der Waals surface area (Å²) in [5, 5.41) is 7.26. The summed E-state index contributed by atoms with van der Waals surface area (Å²) < 4.78 is 5.75. The van der Waals surface area contributed by atoms with Crippen LogP contribution in [0.15, 0.2) is 65.2 Å². The highest BCUT2D eigenvalue weighted by Crippen LogP contribution is 2.36.